The first-order valence-electron chi connectivity index (χ1n) is 7.83. The van der Waals surface area contributed by atoms with Crippen LogP contribution in [0.15, 0.2) is 40.5 Å². The van der Waals surface area contributed by atoms with Gasteiger partial charge in [0.05, 0.1) is 4.92 Å². The van der Waals surface area contributed by atoms with Gasteiger partial charge in [-0.1, -0.05) is 42.6 Å². The van der Waals surface area contributed by atoms with Crippen LogP contribution in [0.25, 0.3) is 0 Å². The maximum atomic E-state index is 11.6. The molecule has 8 heteroatoms. The number of halogens is 1. The summed E-state index contributed by atoms with van der Waals surface area (Å²) in [4.78, 5) is 20.2. The summed E-state index contributed by atoms with van der Waals surface area (Å²) < 4.78 is 0. The number of rotatable bonds is 5. The predicted molar refractivity (Wildman–Crippen MR) is 94.8 cm³/mol. The molecule has 0 saturated heterocycles. The Bertz CT molecular complexity index is 721. The highest BCUT2D eigenvalue weighted by atomic mass is 35.5. The predicted octanol–water partition coefficient (Wildman–Crippen LogP) is 4.93. The molecule has 1 aliphatic carbocycles. The van der Waals surface area contributed by atoms with Crippen molar-refractivity contribution >= 4 is 34.9 Å². The fraction of sp³-hybridized carbons (Fsp3) is 0.375. The van der Waals surface area contributed by atoms with Crippen molar-refractivity contribution in [1.29, 1.82) is 0 Å². The molecule has 1 aromatic heterocycles. The Hall–Kier alpha value is -1.86. The van der Waals surface area contributed by atoms with Crippen molar-refractivity contribution in [3.63, 3.8) is 0 Å². The van der Waals surface area contributed by atoms with Gasteiger partial charge in [0.1, 0.15) is 6.33 Å². The van der Waals surface area contributed by atoms with E-state index in [2.05, 4.69) is 15.3 Å². The molecular formula is C16H17ClN4O2S. The van der Waals surface area contributed by atoms with Crippen LogP contribution in [0.3, 0.4) is 0 Å². The number of nitrogens with zero attached hydrogens (tertiary/aromatic N) is 3. The number of anilines is 1. The van der Waals surface area contributed by atoms with Crippen LogP contribution in [0.5, 0.6) is 0 Å². The summed E-state index contributed by atoms with van der Waals surface area (Å²) in [5.41, 5.74) is -0.0666. The SMILES string of the molecule is O=[N+]([O-])c1c(NC2CCCCC2)ncnc1Sc1ccc(Cl)cc1. The normalized spacial score (nSPS) is 15.2. The topological polar surface area (TPSA) is 81.0 Å². The van der Waals surface area contributed by atoms with E-state index >= 15 is 0 Å². The molecule has 0 radical (unpaired) electrons. The van der Waals surface area contributed by atoms with Crippen LogP contribution < -0.4 is 5.32 Å². The lowest BCUT2D eigenvalue weighted by atomic mass is 9.95. The fourth-order valence-electron chi connectivity index (χ4n) is 2.76. The minimum atomic E-state index is -0.413. The monoisotopic (exact) mass is 364 g/mol. The number of aromatic nitrogens is 2. The molecule has 0 amide bonds. The van der Waals surface area contributed by atoms with E-state index in [-0.39, 0.29) is 11.7 Å². The van der Waals surface area contributed by atoms with E-state index in [4.69, 9.17) is 11.6 Å². The van der Waals surface area contributed by atoms with Gasteiger partial charge in [0.25, 0.3) is 0 Å². The van der Waals surface area contributed by atoms with Gasteiger partial charge in [-0.3, -0.25) is 10.1 Å². The van der Waals surface area contributed by atoms with Crippen LogP contribution in [-0.2, 0) is 0 Å². The van der Waals surface area contributed by atoms with Gasteiger partial charge in [0.15, 0.2) is 5.03 Å². The van der Waals surface area contributed by atoms with Gasteiger partial charge in [0.2, 0.25) is 5.82 Å². The number of hydrogen-bond donors (Lipinski definition) is 1. The number of nitrogens with one attached hydrogen (secondary N) is 1. The van der Waals surface area contributed by atoms with Crippen molar-refractivity contribution in [3.8, 4) is 0 Å². The molecule has 0 atom stereocenters. The van der Waals surface area contributed by atoms with E-state index in [9.17, 15) is 10.1 Å². The van der Waals surface area contributed by atoms with Gasteiger partial charge in [-0.25, -0.2) is 9.97 Å². The van der Waals surface area contributed by atoms with Crippen molar-refractivity contribution in [2.45, 2.75) is 48.1 Å². The van der Waals surface area contributed by atoms with E-state index in [1.165, 1.54) is 24.5 Å². The first-order chi connectivity index (χ1) is 11.6. The highest BCUT2D eigenvalue weighted by Gasteiger charge is 2.26. The highest BCUT2D eigenvalue weighted by Crippen LogP contribution is 2.37. The third kappa shape index (κ3) is 4.15. The lowest BCUT2D eigenvalue weighted by molar-refractivity contribution is -0.387. The van der Waals surface area contributed by atoms with Crippen molar-refractivity contribution in [3.05, 3.63) is 45.7 Å². The molecule has 0 spiro atoms. The zero-order valence-corrected chi connectivity index (χ0v) is 14.5. The molecule has 0 aliphatic heterocycles. The van der Waals surface area contributed by atoms with Gasteiger partial charge >= 0.3 is 5.69 Å². The molecule has 1 aliphatic rings. The summed E-state index contributed by atoms with van der Waals surface area (Å²) in [6.07, 6.45) is 6.91. The fourth-order valence-corrected chi connectivity index (χ4v) is 3.75. The maximum absolute atomic E-state index is 11.6. The number of hydrogen-bond acceptors (Lipinski definition) is 6. The van der Waals surface area contributed by atoms with Crippen LogP contribution in [0.1, 0.15) is 32.1 Å². The Balaban J connectivity index is 1.86. The molecule has 126 valence electrons. The van der Waals surface area contributed by atoms with Crippen LogP contribution >= 0.6 is 23.4 Å². The molecule has 1 fully saturated rings. The summed E-state index contributed by atoms with van der Waals surface area (Å²) >= 11 is 7.11. The summed E-state index contributed by atoms with van der Waals surface area (Å²) in [7, 11) is 0. The Morgan fingerprint density at radius 2 is 1.88 bits per heavy atom. The Labute approximate surface area is 149 Å². The van der Waals surface area contributed by atoms with E-state index in [0.29, 0.717) is 15.9 Å². The van der Waals surface area contributed by atoms with E-state index < -0.39 is 4.92 Å². The van der Waals surface area contributed by atoms with Crippen LogP contribution in [0, 0.1) is 10.1 Å². The van der Waals surface area contributed by atoms with Gasteiger partial charge < -0.3 is 5.32 Å². The molecule has 6 nitrogen and oxygen atoms in total. The van der Waals surface area contributed by atoms with E-state index in [1.54, 1.807) is 12.1 Å². The Morgan fingerprint density at radius 1 is 1.17 bits per heavy atom. The molecule has 24 heavy (non-hydrogen) atoms. The Morgan fingerprint density at radius 3 is 2.54 bits per heavy atom. The second kappa shape index (κ2) is 7.81. The van der Waals surface area contributed by atoms with Crippen LogP contribution in [0.4, 0.5) is 11.5 Å². The van der Waals surface area contributed by atoms with Gasteiger partial charge in [-0.05, 0) is 37.1 Å². The average Bonchev–Trinajstić information content (AvgIpc) is 2.58. The van der Waals surface area contributed by atoms with E-state index in [0.717, 1.165) is 30.6 Å². The molecular weight excluding hydrogens is 348 g/mol. The van der Waals surface area contributed by atoms with Crippen LogP contribution in [0.2, 0.25) is 5.02 Å². The zero-order valence-electron chi connectivity index (χ0n) is 12.9. The largest absolute Gasteiger partial charge is 0.361 e. The summed E-state index contributed by atoms with van der Waals surface area (Å²) in [5, 5.41) is 15.8. The average molecular weight is 365 g/mol. The standard InChI is InChI=1S/C16H17ClN4O2S/c17-11-6-8-13(9-7-11)24-16-14(21(22)23)15(18-10-19-16)20-12-4-2-1-3-5-12/h6-10,12H,1-5H2,(H,18,19,20). The highest BCUT2D eigenvalue weighted by molar-refractivity contribution is 7.99. The molecule has 2 aromatic rings. The molecule has 1 aromatic carbocycles. The molecule has 1 N–H and O–H groups in total. The minimum Gasteiger partial charge on any atom is -0.361 e. The lowest BCUT2D eigenvalue weighted by Gasteiger charge is -2.23. The second-order valence-electron chi connectivity index (χ2n) is 5.67. The zero-order chi connectivity index (χ0) is 16.9. The van der Waals surface area contributed by atoms with Gasteiger partial charge in [0, 0.05) is 16.0 Å². The quantitative estimate of drug-likeness (QED) is 0.460. The van der Waals surface area contributed by atoms with Crippen molar-refractivity contribution in [2.75, 3.05) is 5.32 Å². The third-order valence-corrected chi connectivity index (χ3v) is 5.20. The van der Waals surface area contributed by atoms with Gasteiger partial charge in [-0.15, -0.1) is 0 Å². The Kier molecular flexibility index (Phi) is 5.52. The molecule has 3 rings (SSSR count). The minimum absolute atomic E-state index is 0.0666. The second-order valence-corrected chi connectivity index (χ2v) is 7.17. The summed E-state index contributed by atoms with van der Waals surface area (Å²) in [5.74, 6) is 0.304. The molecule has 0 bridgehead atoms. The maximum Gasteiger partial charge on any atom is 0.343 e. The van der Waals surface area contributed by atoms with Crippen molar-refractivity contribution in [1.82, 2.24) is 9.97 Å². The molecule has 0 unspecified atom stereocenters. The smallest absolute Gasteiger partial charge is 0.343 e. The lowest BCUT2D eigenvalue weighted by Crippen LogP contribution is -2.23. The molecule has 1 saturated carbocycles. The summed E-state index contributed by atoms with van der Waals surface area (Å²) in [6, 6.07) is 7.36. The van der Waals surface area contributed by atoms with Crippen molar-refractivity contribution < 1.29 is 4.92 Å². The summed E-state index contributed by atoms with van der Waals surface area (Å²) in [6.45, 7) is 0. The number of benzene rings is 1. The van der Waals surface area contributed by atoms with Crippen LogP contribution in [-0.4, -0.2) is 20.9 Å². The van der Waals surface area contributed by atoms with Gasteiger partial charge in [-0.2, -0.15) is 0 Å². The first-order valence-corrected chi connectivity index (χ1v) is 9.02. The van der Waals surface area contributed by atoms with Crippen molar-refractivity contribution in [2.24, 2.45) is 0 Å². The first kappa shape index (κ1) is 17.0. The number of nitro groups is 1. The third-order valence-electron chi connectivity index (χ3n) is 3.95. The molecule has 1 heterocycles. The van der Waals surface area contributed by atoms with E-state index in [1.807, 2.05) is 12.1 Å².